The minimum absolute atomic E-state index is 0.120. The molecule has 10 nitrogen and oxygen atoms in total. The number of hydrogen-bond donors (Lipinski definition) is 4. The van der Waals surface area contributed by atoms with Crippen LogP contribution in [0.15, 0.2) is 17.1 Å². The molecule has 1 aromatic rings. The lowest BCUT2D eigenvalue weighted by atomic mass is 10.1. The Kier molecular flexibility index (Phi) is 7.21. The van der Waals surface area contributed by atoms with Crippen molar-refractivity contribution in [3.8, 4) is 0 Å². The minimum atomic E-state index is -1.41. The predicted octanol–water partition coefficient (Wildman–Crippen LogP) is -0.261. The van der Waals surface area contributed by atoms with E-state index in [1.807, 2.05) is 0 Å². The van der Waals surface area contributed by atoms with Gasteiger partial charge in [0.2, 0.25) is 0 Å². The first-order valence-corrected chi connectivity index (χ1v) is 8.56. The smallest absolute Gasteiger partial charge is 0.351 e. The third-order valence-corrected chi connectivity index (χ3v) is 4.41. The molecule has 5 atom stereocenters. The van der Waals surface area contributed by atoms with Gasteiger partial charge in [-0.1, -0.05) is 13.8 Å². The second-order valence-electron chi connectivity index (χ2n) is 6.07. The van der Waals surface area contributed by atoms with E-state index in [0.717, 1.165) is 4.57 Å². The van der Waals surface area contributed by atoms with Crippen molar-refractivity contribution < 1.29 is 24.5 Å². The number of esters is 1. The number of ether oxygens (including phenoxy) is 2. The van der Waals surface area contributed by atoms with Gasteiger partial charge in [0, 0.05) is 18.0 Å². The molecule has 1 aliphatic rings. The van der Waals surface area contributed by atoms with Crippen molar-refractivity contribution in [3.63, 3.8) is 0 Å². The molecule has 3 unspecified atom stereocenters. The highest BCUT2D eigenvalue weighted by molar-refractivity contribution is 6.23. The number of hydrogen-bond acceptors (Lipinski definition) is 9. The van der Waals surface area contributed by atoms with Gasteiger partial charge in [0.05, 0.1) is 6.61 Å². The first kappa shape index (κ1) is 20.9. The van der Waals surface area contributed by atoms with Crippen molar-refractivity contribution in [3.05, 3.63) is 22.7 Å². The van der Waals surface area contributed by atoms with Crippen LogP contribution in [0, 0.1) is 5.92 Å². The quantitative estimate of drug-likeness (QED) is 0.354. The Hall–Kier alpha value is -1.43. The van der Waals surface area contributed by atoms with Crippen molar-refractivity contribution >= 4 is 35.3 Å². The normalized spacial score (nSPS) is 26.7. The standard InChI is InChI=1S/C14H20Cl2N4O6/c1-6(2)9(19-16)13(23)26-11-7(5-21)25-12(10(11)22)20-4-3-8(18-15)17-14(20)24/h3-4,6-7,9-12,19,21-22H,5H2,1-2H3,(H,17,18,24)/t7-,9?,10?,11+,12?/m1/s1. The van der Waals surface area contributed by atoms with Crippen molar-refractivity contribution in [2.45, 2.75) is 44.4 Å². The SMILES string of the molecule is CC(C)C(NCl)C(=O)O[C@@H]1C(O)C(n2ccc(NCl)nc2=O)O[C@@H]1CO. The third kappa shape index (κ3) is 4.27. The van der Waals surface area contributed by atoms with Crippen LogP contribution in [0.1, 0.15) is 20.1 Å². The van der Waals surface area contributed by atoms with Gasteiger partial charge < -0.3 is 19.7 Å². The van der Waals surface area contributed by atoms with E-state index < -0.39 is 48.8 Å². The van der Waals surface area contributed by atoms with Gasteiger partial charge >= 0.3 is 11.7 Å². The van der Waals surface area contributed by atoms with Crippen LogP contribution in [0.25, 0.3) is 0 Å². The summed E-state index contributed by atoms with van der Waals surface area (Å²) in [5, 5.41) is 20.0. The summed E-state index contributed by atoms with van der Waals surface area (Å²) in [5.41, 5.74) is -0.745. The zero-order valence-corrected chi connectivity index (χ0v) is 15.5. The van der Waals surface area contributed by atoms with Crippen LogP contribution in [0.5, 0.6) is 0 Å². The van der Waals surface area contributed by atoms with E-state index in [1.54, 1.807) is 13.8 Å². The van der Waals surface area contributed by atoms with Crippen LogP contribution in [0.4, 0.5) is 5.82 Å². The molecule has 0 bridgehead atoms. The fourth-order valence-corrected chi connectivity index (χ4v) is 3.00. The molecule has 1 saturated heterocycles. The molecule has 0 radical (unpaired) electrons. The molecule has 2 rings (SSSR count). The summed E-state index contributed by atoms with van der Waals surface area (Å²) in [6, 6.07) is 0.574. The molecule has 1 aromatic heterocycles. The number of nitrogens with zero attached hydrogens (tertiary/aromatic N) is 2. The number of nitrogens with one attached hydrogen (secondary N) is 2. The maximum Gasteiger partial charge on any atom is 0.351 e. The van der Waals surface area contributed by atoms with Gasteiger partial charge in [0.15, 0.2) is 12.3 Å². The number of carbonyl (C=O) groups excluding carboxylic acids is 1. The second kappa shape index (κ2) is 8.98. The second-order valence-corrected chi connectivity index (χ2v) is 6.47. The average molecular weight is 411 g/mol. The van der Waals surface area contributed by atoms with Gasteiger partial charge in [-0.25, -0.2) is 9.63 Å². The first-order chi connectivity index (χ1) is 12.3. The summed E-state index contributed by atoms with van der Waals surface area (Å²) in [4.78, 5) is 32.5. The summed E-state index contributed by atoms with van der Waals surface area (Å²) in [5.74, 6) is -0.769. The highest BCUT2D eigenvalue weighted by atomic mass is 35.5. The van der Waals surface area contributed by atoms with Crippen LogP contribution < -0.4 is 15.4 Å². The van der Waals surface area contributed by atoms with E-state index in [-0.39, 0.29) is 11.7 Å². The van der Waals surface area contributed by atoms with Crippen molar-refractivity contribution in [1.29, 1.82) is 0 Å². The zero-order valence-electron chi connectivity index (χ0n) is 14.0. The number of aliphatic hydroxyl groups excluding tert-OH is 2. The van der Waals surface area contributed by atoms with Crippen LogP contribution >= 0.6 is 23.6 Å². The summed E-state index contributed by atoms with van der Waals surface area (Å²) in [6.07, 6.45) is -3.52. The van der Waals surface area contributed by atoms with E-state index in [1.165, 1.54) is 12.3 Å². The Morgan fingerprint density at radius 3 is 2.69 bits per heavy atom. The van der Waals surface area contributed by atoms with Crippen molar-refractivity contribution in [2.75, 3.05) is 11.4 Å². The molecule has 26 heavy (non-hydrogen) atoms. The topological polar surface area (TPSA) is 135 Å². The van der Waals surface area contributed by atoms with Gasteiger partial charge in [-0.05, 0) is 23.8 Å². The number of carbonyl (C=O) groups is 1. The Morgan fingerprint density at radius 1 is 1.50 bits per heavy atom. The fourth-order valence-electron chi connectivity index (χ4n) is 2.55. The molecule has 12 heteroatoms. The minimum Gasteiger partial charge on any atom is -0.455 e. The predicted molar refractivity (Wildman–Crippen MR) is 92.5 cm³/mol. The maximum atomic E-state index is 12.3. The van der Waals surface area contributed by atoms with Crippen molar-refractivity contribution in [1.82, 2.24) is 14.4 Å². The number of rotatable bonds is 7. The summed E-state index contributed by atoms with van der Waals surface area (Å²) >= 11 is 10.9. The molecule has 146 valence electrons. The molecule has 1 aliphatic heterocycles. The Bertz CT molecular complexity index is 688. The zero-order chi connectivity index (χ0) is 19.4. The van der Waals surface area contributed by atoms with Gasteiger partial charge in [-0.3, -0.25) is 14.2 Å². The molecule has 2 heterocycles. The highest BCUT2D eigenvalue weighted by Crippen LogP contribution is 2.31. The monoisotopic (exact) mass is 410 g/mol. The Labute approximate surface area is 159 Å². The molecule has 4 N–H and O–H groups in total. The van der Waals surface area contributed by atoms with Gasteiger partial charge in [0.1, 0.15) is 24.1 Å². The van der Waals surface area contributed by atoms with E-state index in [2.05, 4.69) is 14.7 Å². The van der Waals surface area contributed by atoms with Crippen LogP contribution in [-0.2, 0) is 14.3 Å². The van der Waals surface area contributed by atoms with Crippen LogP contribution in [-0.4, -0.2) is 56.7 Å². The Balaban J connectivity index is 2.22. The number of halogens is 2. The molecule has 0 aromatic carbocycles. The lowest BCUT2D eigenvalue weighted by molar-refractivity contribution is -0.159. The Morgan fingerprint density at radius 2 is 2.19 bits per heavy atom. The van der Waals surface area contributed by atoms with Gasteiger partial charge in [0.25, 0.3) is 0 Å². The number of aromatic nitrogens is 2. The van der Waals surface area contributed by atoms with Crippen LogP contribution in [0.2, 0.25) is 0 Å². The highest BCUT2D eigenvalue weighted by Gasteiger charge is 2.48. The number of anilines is 1. The molecular weight excluding hydrogens is 391 g/mol. The molecule has 0 spiro atoms. The van der Waals surface area contributed by atoms with Gasteiger partial charge in [-0.2, -0.15) is 4.98 Å². The lowest BCUT2D eigenvalue weighted by Gasteiger charge is -2.24. The maximum absolute atomic E-state index is 12.3. The van der Waals surface area contributed by atoms with E-state index >= 15 is 0 Å². The summed E-state index contributed by atoms with van der Waals surface area (Å²) in [7, 11) is 0. The summed E-state index contributed by atoms with van der Waals surface area (Å²) in [6.45, 7) is 2.98. The van der Waals surface area contributed by atoms with E-state index in [0.29, 0.717) is 0 Å². The van der Waals surface area contributed by atoms with Crippen LogP contribution in [0.3, 0.4) is 0 Å². The number of aliphatic hydroxyl groups is 2. The van der Waals surface area contributed by atoms with E-state index in [9.17, 15) is 19.8 Å². The molecule has 1 fully saturated rings. The fraction of sp³-hybridized carbons (Fsp3) is 0.643. The average Bonchev–Trinajstić information content (AvgIpc) is 2.91. The third-order valence-electron chi connectivity index (χ3n) is 3.98. The summed E-state index contributed by atoms with van der Waals surface area (Å²) < 4.78 is 11.8. The molecular formula is C14H20Cl2N4O6. The first-order valence-electron chi connectivity index (χ1n) is 7.80. The van der Waals surface area contributed by atoms with Crippen molar-refractivity contribution in [2.24, 2.45) is 5.92 Å². The molecule has 0 aliphatic carbocycles. The molecule has 0 amide bonds. The van der Waals surface area contributed by atoms with Gasteiger partial charge in [-0.15, -0.1) is 0 Å². The molecule has 0 saturated carbocycles. The lowest BCUT2D eigenvalue weighted by Crippen LogP contribution is -2.45. The van der Waals surface area contributed by atoms with E-state index in [4.69, 9.17) is 33.0 Å². The largest absolute Gasteiger partial charge is 0.455 e.